The molecule has 0 radical (unpaired) electrons. The minimum Gasteiger partial charge on any atom is -0.465 e. The molecule has 2 heterocycles. The van der Waals surface area contributed by atoms with Gasteiger partial charge in [0.05, 0.1) is 19.4 Å². The van der Waals surface area contributed by atoms with Crippen molar-refractivity contribution in [2.75, 3.05) is 19.7 Å². The molecule has 3 rings (SSSR count). The Morgan fingerprint density at radius 1 is 1.27 bits per heavy atom. The Morgan fingerprint density at radius 2 is 2.09 bits per heavy atom. The zero-order valence-electron chi connectivity index (χ0n) is 12.6. The van der Waals surface area contributed by atoms with E-state index in [1.54, 1.807) is 24.5 Å². The molecule has 0 saturated carbocycles. The topological polar surface area (TPSA) is 42.7 Å². The lowest BCUT2D eigenvalue weighted by Gasteiger charge is -2.32. The summed E-state index contributed by atoms with van der Waals surface area (Å²) in [7, 11) is 0. The number of hydrogen-bond donors (Lipinski definition) is 0. The van der Waals surface area contributed by atoms with E-state index in [1.165, 1.54) is 5.56 Å². The van der Waals surface area contributed by atoms with Crippen LogP contribution >= 0.6 is 0 Å². The van der Waals surface area contributed by atoms with E-state index >= 15 is 0 Å². The number of hydrogen-bond acceptors (Lipinski definition) is 3. The Kier molecular flexibility index (Phi) is 4.39. The van der Waals surface area contributed by atoms with Gasteiger partial charge in [-0.2, -0.15) is 0 Å². The fraction of sp³-hybridized carbons (Fsp3) is 0.278. The number of furan rings is 1. The summed E-state index contributed by atoms with van der Waals surface area (Å²) in [6.45, 7) is 3.80. The van der Waals surface area contributed by atoms with Crippen LogP contribution in [0.3, 0.4) is 0 Å². The first-order valence-corrected chi connectivity index (χ1v) is 7.41. The van der Waals surface area contributed by atoms with E-state index in [-0.39, 0.29) is 12.0 Å². The Bertz CT molecular complexity index is 643. The third kappa shape index (κ3) is 3.46. The molecule has 1 unspecified atom stereocenters. The molecule has 0 spiro atoms. The van der Waals surface area contributed by atoms with Crippen molar-refractivity contribution in [1.29, 1.82) is 0 Å². The van der Waals surface area contributed by atoms with Gasteiger partial charge in [-0.3, -0.25) is 4.79 Å². The first-order chi connectivity index (χ1) is 10.7. The molecule has 1 saturated heterocycles. The molecule has 1 fully saturated rings. The average Bonchev–Trinajstić information content (AvgIpc) is 3.07. The maximum atomic E-state index is 12.3. The van der Waals surface area contributed by atoms with Crippen molar-refractivity contribution in [3.8, 4) is 0 Å². The Morgan fingerprint density at radius 3 is 2.82 bits per heavy atom. The molecule has 2 aromatic rings. The molecule has 1 amide bonds. The lowest BCUT2D eigenvalue weighted by atomic mass is 10.1. The molecule has 0 bridgehead atoms. The van der Waals surface area contributed by atoms with Gasteiger partial charge in [0.2, 0.25) is 5.91 Å². The van der Waals surface area contributed by atoms with Gasteiger partial charge in [-0.1, -0.05) is 29.8 Å². The number of ether oxygens (including phenoxy) is 1. The Labute approximate surface area is 130 Å². The summed E-state index contributed by atoms with van der Waals surface area (Å²) in [5.41, 5.74) is 2.33. The summed E-state index contributed by atoms with van der Waals surface area (Å²) >= 11 is 0. The minimum atomic E-state index is -0.0599. The van der Waals surface area contributed by atoms with Crippen LogP contribution in [-0.4, -0.2) is 30.5 Å². The molecule has 1 aliphatic heterocycles. The number of nitrogens with zero attached hydrogens (tertiary/aromatic N) is 1. The van der Waals surface area contributed by atoms with Crippen LogP contribution in [0.4, 0.5) is 0 Å². The summed E-state index contributed by atoms with van der Waals surface area (Å²) < 4.78 is 11.0. The normalized spacial score (nSPS) is 18.8. The molecule has 1 aliphatic rings. The van der Waals surface area contributed by atoms with Crippen LogP contribution in [-0.2, 0) is 9.53 Å². The third-order valence-electron chi connectivity index (χ3n) is 3.76. The van der Waals surface area contributed by atoms with E-state index in [4.69, 9.17) is 9.15 Å². The van der Waals surface area contributed by atoms with Crippen LogP contribution in [0.2, 0.25) is 0 Å². The molecule has 114 valence electrons. The number of morpholine rings is 1. The van der Waals surface area contributed by atoms with Gasteiger partial charge < -0.3 is 14.1 Å². The lowest BCUT2D eigenvalue weighted by Crippen LogP contribution is -2.41. The van der Waals surface area contributed by atoms with Crippen LogP contribution < -0.4 is 0 Å². The second-order valence-corrected chi connectivity index (χ2v) is 5.40. The van der Waals surface area contributed by atoms with Gasteiger partial charge >= 0.3 is 0 Å². The highest BCUT2D eigenvalue weighted by Gasteiger charge is 2.24. The Hall–Kier alpha value is -2.33. The predicted molar refractivity (Wildman–Crippen MR) is 84.2 cm³/mol. The monoisotopic (exact) mass is 297 g/mol. The summed E-state index contributed by atoms with van der Waals surface area (Å²) in [4.78, 5) is 14.1. The second kappa shape index (κ2) is 6.62. The van der Waals surface area contributed by atoms with Crippen LogP contribution in [0.25, 0.3) is 6.08 Å². The summed E-state index contributed by atoms with van der Waals surface area (Å²) in [5, 5.41) is 0. The van der Waals surface area contributed by atoms with Crippen LogP contribution in [0.5, 0.6) is 0 Å². The molecule has 1 aromatic carbocycles. The van der Waals surface area contributed by atoms with Crippen molar-refractivity contribution in [2.45, 2.75) is 13.0 Å². The number of carbonyl (C=O) groups is 1. The maximum Gasteiger partial charge on any atom is 0.246 e. The number of benzene rings is 1. The first-order valence-electron chi connectivity index (χ1n) is 7.41. The van der Waals surface area contributed by atoms with Crippen LogP contribution in [0.1, 0.15) is 23.0 Å². The van der Waals surface area contributed by atoms with Gasteiger partial charge in [-0.15, -0.1) is 0 Å². The van der Waals surface area contributed by atoms with E-state index < -0.39 is 0 Å². The zero-order chi connectivity index (χ0) is 15.4. The largest absolute Gasteiger partial charge is 0.465 e. The molecule has 1 atom stereocenters. The van der Waals surface area contributed by atoms with Gasteiger partial charge in [-0.05, 0) is 30.7 Å². The highest BCUT2D eigenvalue weighted by Crippen LogP contribution is 2.22. The molecule has 0 N–H and O–H groups in total. The standard InChI is InChI=1S/C18H19NO3/c1-14-4-6-15(7-5-14)17-13-19(10-12-22-17)18(20)9-8-16-3-2-11-21-16/h2-9,11,17H,10,12-13H2,1H3/b9-8+. The van der Waals surface area contributed by atoms with Crippen molar-refractivity contribution < 1.29 is 13.9 Å². The third-order valence-corrected chi connectivity index (χ3v) is 3.76. The molecule has 22 heavy (non-hydrogen) atoms. The van der Waals surface area contributed by atoms with Gasteiger partial charge in [0.1, 0.15) is 11.9 Å². The van der Waals surface area contributed by atoms with Gasteiger partial charge in [0.25, 0.3) is 0 Å². The van der Waals surface area contributed by atoms with Crippen molar-refractivity contribution in [2.24, 2.45) is 0 Å². The summed E-state index contributed by atoms with van der Waals surface area (Å²) in [5.74, 6) is 0.661. The van der Waals surface area contributed by atoms with Gasteiger partial charge in [0.15, 0.2) is 0 Å². The molecular weight excluding hydrogens is 278 g/mol. The van der Waals surface area contributed by atoms with Crippen molar-refractivity contribution >= 4 is 12.0 Å². The van der Waals surface area contributed by atoms with Gasteiger partial charge in [-0.25, -0.2) is 0 Å². The first kappa shape index (κ1) is 14.6. The van der Waals surface area contributed by atoms with E-state index in [0.29, 0.717) is 25.5 Å². The fourth-order valence-corrected chi connectivity index (χ4v) is 2.48. The number of amides is 1. The summed E-state index contributed by atoms with van der Waals surface area (Å²) in [6.07, 6.45) is 4.77. The van der Waals surface area contributed by atoms with E-state index in [0.717, 1.165) is 5.56 Å². The van der Waals surface area contributed by atoms with E-state index in [1.807, 2.05) is 11.0 Å². The lowest BCUT2D eigenvalue weighted by molar-refractivity contribution is -0.133. The van der Waals surface area contributed by atoms with E-state index in [9.17, 15) is 4.79 Å². The van der Waals surface area contributed by atoms with Crippen molar-refractivity contribution in [1.82, 2.24) is 4.90 Å². The fourth-order valence-electron chi connectivity index (χ4n) is 2.48. The average molecular weight is 297 g/mol. The molecule has 4 nitrogen and oxygen atoms in total. The zero-order valence-corrected chi connectivity index (χ0v) is 12.6. The smallest absolute Gasteiger partial charge is 0.246 e. The maximum absolute atomic E-state index is 12.3. The SMILES string of the molecule is Cc1ccc(C2CN(C(=O)/C=C/c3ccco3)CCO2)cc1. The quantitative estimate of drug-likeness (QED) is 0.817. The molecule has 4 heteroatoms. The second-order valence-electron chi connectivity index (χ2n) is 5.40. The Balaban J connectivity index is 1.65. The molecule has 0 aliphatic carbocycles. The number of rotatable bonds is 3. The number of aryl methyl sites for hydroxylation is 1. The molecule has 1 aromatic heterocycles. The highest BCUT2D eigenvalue weighted by atomic mass is 16.5. The number of carbonyl (C=O) groups excluding carboxylic acids is 1. The van der Waals surface area contributed by atoms with Crippen molar-refractivity contribution in [3.63, 3.8) is 0 Å². The minimum absolute atomic E-state index is 0.0168. The van der Waals surface area contributed by atoms with Gasteiger partial charge in [0, 0.05) is 12.6 Å². The van der Waals surface area contributed by atoms with Crippen LogP contribution in [0, 0.1) is 6.92 Å². The highest BCUT2D eigenvalue weighted by molar-refractivity contribution is 5.91. The summed E-state index contributed by atoms with van der Waals surface area (Å²) in [6, 6.07) is 11.9. The van der Waals surface area contributed by atoms with Crippen LogP contribution in [0.15, 0.2) is 53.2 Å². The van der Waals surface area contributed by atoms with E-state index in [2.05, 4.69) is 31.2 Å². The predicted octanol–water partition coefficient (Wildman–Crippen LogP) is 3.20. The van der Waals surface area contributed by atoms with Crippen molar-refractivity contribution in [3.05, 3.63) is 65.6 Å². The molecular formula is C18H19NO3.